The summed E-state index contributed by atoms with van der Waals surface area (Å²) in [6.07, 6.45) is 3.64. The molecular weight excluding hydrogens is 472 g/mol. The third-order valence-corrected chi connectivity index (χ3v) is 7.27. The summed E-state index contributed by atoms with van der Waals surface area (Å²) < 4.78 is 4.03. The predicted octanol–water partition coefficient (Wildman–Crippen LogP) is 3.54. The van der Waals surface area contributed by atoms with Crippen LogP contribution in [0.15, 0.2) is 22.4 Å². The number of nitrogens with zero attached hydrogens (tertiary/aromatic N) is 12. The van der Waals surface area contributed by atoms with Crippen LogP contribution in [0.2, 0.25) is 0 Å². The minimum atomic E-state index is 0.437. The summed E-state index contributed by atoms with van der Waals surface area (Å²) >= 11 is 0. The molecule has 4 aromatic rings. The van der Waals surface area contributed by atoms with Gasteiger partial charge in [0.25, 0.3) is 0 Å². The van der Waals surface area contributed by atoms with Crippen molar-refractivity contribution in [3.8, 4) is 22.8 Å². The standard InChI is InChI=1S/C20H30N12S2/c1-7-31-25-17(23-27-31)15-9-21-29(11-13(3)4)19(15)33-34-20-16(10-22-30(20)12-14(5)6)18-24-28-32(8-2)26-18/h9-10,13-14H,7-8,11-12H2,1-6H3. The molecule has 0 saturated heterocycles. The molecule has 34 heavy (non-hydrogen) atoms. The molecule has 0 fully saturated rings. The molecule has 0 unspecified atom stereocenters. The lowest BCUT2D eigenvalue weighted by atomic mass is 10.2. The largest absolute Gasteiger partial charge is 0.257 e. The van der Waals surface area contributed by atoms with Crippen LogP contribution in [0.3, 0.4) is 0 Å². The van der Waals surface area contributed by atoms with Gasteiger partial charge in [-0.3, -0.25) is 9.36 Å². The maximum Gasteiger partial charge on any atom is 0.209 e. The van der Waals surface area contributed by atoms with Gasteiger partial charge in [-0.05, 0) is 57.7 Å². The molecular formula is C20H30N12S2. The van der Waals surface area contributed by atoms with Gasteiger partial charge < -0.3 is 0 Å². The number of aromatic nitrogens is 12. The molecule has 0 bridgehead atoms. The fourth-order valence-corrected chi connectivity index (χ4v) is 5.80. The molecule has 4 heterocycles. The highest BCUT2D eigenvalue weighted by molar-refractivity contribution is 8.76. The number of hydrogen-bond donors (Lipinski definition) is 0. The highest BCUT2D eigenvalue weighted by Crippen LogP contribution is 2.44. The molecule has 4 rings (SSSR count). The Bertz CT molecular complexity index is 1120. The summed E-state index contributed by atoms with van der Waals surface area (Å²) in [5.74, 6) is 2.02. The van der Waals surface area contributed by atoms with E-state index in [1.165, 1.54) is 0 Å². The van der Waals surface area contributed by atoms with Crippen LogP contribution in [0.5, 0.6) is 0 Å². The van der Waals surface area contributed by atoms with E-state index < -0.39 is 0 Å². The SMILES string of the molecule is CCn1nnc(-c2cnn(CC(C)C)c2SSc2c(-c3nnn(CC)n3)cnn2CC(C)C)n1. The monoisotopic (exact) mass is 502 g/mol. The second kappa shape index (κ2) is 10.7. The number of rotatable bonds is 11. The lowest BCUT2D eigenvalue weighted by Crippen LogP contribution is -2.08. The summed E-state index contributed by atoms with van der Waals surface area (Å²) in [4.78, 5) is 3.16. The van der Waals surface area contributed by atoms with E-state index in [9.17, 15) is 0 Å². The van der Waals surface area contributed by atoms with Crippen LogP contribution < -0.4 is 0 Å². The lowest BCUT2D eigenvalue weighted by molar-refractivity contribution is 0.456. The lowest BCUT2D eigenvalue weighted by Gasteiger charge is -2.12. The molecule has 0 atom stereocenters. The molecule has 0 aliphatic heterocycles. The van der Waals surface area contributed by atoms with Gasteiger partial charge in [0.2, 0.25) is 11.6 Å². The Morgan fingerprint density at radius 1 is 0.706 bits per heavy atom. The average molecular weight is 503 g/mol. The summed E-state index contributed by atoms with van der Waals surface area (Å²) in [5, 5.41) is 37.0. The van der Waals surface area contributed by atoms with Gasteiger partial charge in [0.1, 0.15) is 10.1 Å². The number of aryl methyl sites for hydroxylation is 2. The summed E-state index contributed by atoms with van der Waals surface area (Å²) in [5.41, 5.74) is 1.73. The summed E-state index contributed by atoms with van der Waals surface area (Å²) in [6.45, 7) is 15.6. The Morgan fingerprint density at radius 3 is 1.44 bits per heavy atom. The van der Waals surface area contributed by atoms with Crippen molar-refractivity contribution in [2.75, 3.05) is 0 Å². The second-order valence-electron chi connectivity index (χ2n) is 8.65. The number of hydrogen-bond acceptors (Lipinski definition) is 10. The topological polar surface area (TPSA) is 123 Å². The molecule has 0 amide bonds. The van der Waals surface area contributed by atoms with Crippen LogP contribution in [0.25, 0.3) is 22.8 Å². The van der Waals surface area contributed by atoms with Crippen molar-refractivity contribution in [1.29, 1.82) is 0 Å². The first-order valence-electron chi connectivity index (χ1n) is 11.4. The van der Waals surface area contributed by atoms with E-state index in [2.05, 4.69) is 68.7 Å². The van der Waals surface area contributed by atoms with Gasteiger partial charge in [-0.25, -0.2) is 0 Å². The molecule has 4 aromatic heterocycles. The second-order valence-corrected chi connectivity index (χ2v) is 10.8. The predicted molar refractivity (Wildman–Crippen MR) is 131 cm³/mol. The molecule has 0 aliphatic carbocycles. The van der Waals surface area contributed by atoms with Gasteiger partial charge in [0.05, 0.1) is 36.6 Å². The van der Waals surface area contributed by atoms with Crippen LogP contribution in [0, 0.1) is 11.8 Å². The van der Waals surface area contributed by atoms with Gasteiger partial charge >= 0.3 is 0 Å². The minimum Gasteiger partial charge on any atom is -0.257 e. The molecule has 0 aliphatic rings. The Morgan fingerprint density at radius 2 is 1.12 bits per heavy atom. The van der Waals surface area contributed by atoms with E-state index in [1.807, 2.05) is 35.6 Å². The third-order valence-electron chi connectivity index (χ3n) is 4.81. The Balaban J connectivity index is 1.69. The van der Waals surface area contributed by atoms with Crippen LogP contribution in [-0.4, -0.2) is 60.0 Å². The van der Waals surface area contributed by atoms with E-state index in [0.717, 1.165) is 34.3 Å². The van der Waals surface area contributed by atoms with Crippen molar-refractivity contribution < 1.29 is 0 Å². The number of tetrazole rings is 2. The Kier molecular flexibility index (Phi) is 7.66. The van der Waals surface area contributed by atoms with E-state index in [4.69, 9.17) is 0 Å². The molecule has 0 N–H and O–H groups in total. The van der Waals surface area contributed by atoms with Gasteiger partial charge in [-0.1, -0.05) is 27.7 Å². The van der Waals surface area contributed by atoms with Gasteiger partial charge in [-0.2, -0.15) is 19.8 Å². The van der Waals surface area contributed by atoms with Crippen LogP contribution in [0.1, 0.15) is 41.5 Å². The minimum absolute atomic E-state index is 0.437. The highest BCUT2D eigenvalue weighted by Gasteiger charge is 2.23. The van der Waals surface area contributed by atoms with E-state index in [-0.39, 0.29) is 0 Å². The molecule has 0 aromatic carbocycles. The normalized spacial score (nSPS) is 11.9. The maximum atomic E-state index is 4.64. The first kappa shape index (κ1) is 24.4. The zero-order chi connectivity index (χ0) is 24.2. The quantitative estimate of drug-likeness (QED) is 0.281. The first-order valence-corrected chi connectivity index (χ1v) is 13.6. The zero-order valence-electron chi connectivity index (χ0n) is 20.3. The van der Waals surface area contributed by atoms with Crippen molar-refractivity contribution in [1.82, 2.24) is 60.0 Å². The van der Waals surface area contributed by atoms with Gasteiger partial charge in [0.15, 0.2) is 0 Å². The van der Waals surface area contributed by atoms with Crippen molar-refractivity contribution in [2.24, 2.45) is 11.8 Å². The summed E-state index contributed by atoms with van der Waals surface area (Å²) in [7, 11) is 3.22. The van der Waals surface area contributed by atoms with Crippen molar-refractivity contribution in [2.45, 2.75) is 77.8 Å². The molecule has 0 spiro atoms. The highest BCUT2D eigenvalue weighted by atomic mass is 33.1. The Labute approximate surface area is 206 Å². The molecule has 0 saturated carbocycles. The summed E-state index contributed by atoms with van der Waals surface area (Å²) in [6, 6.07) is 0. The fraction of sp³-hybridized carbons (Fsp3) is 0.600. The van der Waals surface area contributed by atoms with Crippen LogP contribution in [0.4, 0.5) is 0 Å². The maximum absolute atomic E-state index is 4.64. The third kappa shape index (κ3) is 5.32. The zero-order valence-corrected chi connectivity index (χ0v) is 22.0. The van der Waals surface area contributed by atoms with E-state index >= 15 is 0 Å². The van der Waals surface area contributed by atoms with Crippen LogP contribution in [-0.2, 0) is 26.2 Å². The average Bonchev–Trinajstić information content (AvgIpc) is 3.58. The smallest absolute Gasteiger partial charge is 0.209 e. The fourth-order valence-electron chi connectivity index (χ4n) is 3.23. The van der Waals surface area contributed by atoms with Crippen LogP contribution >= 0.6 is 21.6 Å². The van der Waals surface area contributed by atoms with Gasteiger partial charge in [0, 0.05) is 13.1 Å². The van der Waals surface area contributed by atoms with E-state index in [1.54, 1.807) is 31.2 Å². The van der Waals surface area contributed by atoms with Gasteiger partial charge in [-0.15, -0.1) is 20.4 Å². The van der Waals surface area contributed by atoms with Crippen molar-refractivity contribution in [3.63, 3.8) is 0 Å². The molecule has 12 nitrogen and oxygen atoms in total. The molecule has 14 heteroatoms. The molecule has 182 valence electrons. The van der Waals surface area contributed by atoms with Crippen molar-refractivity contribution in [3.05, 3.63) is 12.4 Å². The first-order chi connectivity index (χ1) is 16.4. The Hall–Kier alpha value is -2.74. The van der Waals surface area contributed by atoms with E-state index in [0.29, 0.717) is 36.6 Å². The van der Waals surface area contributed by atoms with Crippen molar-refractivity contribution >= 4 is 21.6 Å². The molecule has 0 radical (unpaired) electrons.